The number of carbonyl (C=O) groups excluding carboxylic acids is 1. The number of aliphatic imine (C=N–C) groups is 1. The second-order valence-electron chi connectivity index (χ2n) is 2.46. The Kier molecular flexibility index (Phi) is 8.14. The molecule has 4 heteroatoms. The van der Waals surface area contributed by atoms with Crippen LogP contribution in [0.3, 0.4) is 0 Å². The normalized spacial score (nSPS) is 11.2. The molecule has 74 valence electrons. The summed E-state index contributed by atoms with van der Waals surface area (Å²) in [5.74, 6) is -0.118. The second kappa shape index (κ2) is 8.93. The summed E-state index contributed by atoms with van der Waals surface area (Å²) in [4.78, 5) is 14.7. The maximum atomic E-state index is 10.7. The Balaban J connectivity index is 3.40. The van der Waals surface area contributed by atoms with Crippen molar-refractivity contribution in [3.63, 3.8) is 0 Å². The fraction of sp³-hybridized carbons (Fsp3) is 0.556. The third-order valence-electron chi connectivity index (χ3n) is 1.32. The van der Waals surface area contributed by atoms with Crippen LogP contribution in [0.4, 0.5) is 0 Å². The fourth-order valence-corrected chi connectivity index (χ4v) is 0.648. The van der Waals surface area contributed by atoms with Crippen LogP contribution in [0.25, 0.3) is 0 Å². The molecule has 0 bridgehead atoms. The Hall–Kier alpha value is -1.16. The smallest absolute Gasteiger partial charge is 0.243 e. The number of nitrogens with zero attached hydrogens (tertiary/aromatic N) is 1. The SMILES string of the molecule is CCCNCN=C/C=C/C(=O)NC. The van der Waals surface area contributed by atoms with Crippen LogP contribution in [0.2, 0.25) is 0 Å². The summed E-state index contributed by atoms with van der Waals surface area (Å²) in [6.07, 6.45) is 5.76. The zero-order chi connectivity index (χ0) is 9.94. The Morgan fingerprint density at radius 2 is 2.31 bits per heavy atom. The van der Waals surface area contributed by atoms with Crippen LogP contribution in [-0.4, -0.2) is 32.4 Å². The van der Waals surface area contributed by atoms with E-state index in [0.717, 1.165) is 13.0 Å². The molecule has 0 atom stereocenters. The summed E-state index contributed by atoms with van der Waals surface area (Å²) in [6.45, 7) is 3.67. The third-order valence-corrected chi connectivity index (χ3v) is 1.32. The highest BCUT2D eigenvalue weighted by atomic mass is 16.1. The lowest BCUT2D eigenvalue weighted by atomic mass is 10.5. The van der Waals surface area contributed by atoms with Crippen LogP contribution in [0.15, 0.2) is 17.1 Å². The molecule has 0 unspecified atom stereocenters. The van der Waals surface area contributed by atoms with Crippen LogP contribution in [0.5, 0.6) is 0 Å². The first-order chi connectivity index (χ1) is 6.31. The Morgan fingerprint density at radius 3 is 2.92 bits per heavy atom. The average molecular weight is 183 g/mol. The van der Waals surface area contributed by atoms with Crippen molar-refractivity contribution in [1.82, 2.24) is 10.6 Å². The number of likely N-dealkylation sites (N-methyl/N-ethyl adjacent to an activating group) is 1. The number of rotatable bonds is 6. The minimum atomic E-state index is -0.118. The van der Waals surface area contributed by atoms with Gasteiger partial charge in [-0.05, 0) is 19.0 Å². The molecular weight excluding hydrogens is 166 g/mol. The van der Waals surface area contributed by atoms with Gasteiger partial charge in [-0.25, -0.2) is 0 Å². The van der Waals surface area contributed by atoms with Crippen molar-refractivity contribution in [2.75, 3.05) is 20.3 Å². The maximum absolute atomic E-state index is 10.7. The summed E-state index contributed by atoms with van der Waals surface area (Å²) in [7, 11) is 1.59. The van der Waals surface area contributed by atoms with Crippen molar-refractivity contribution in [2.24, 2.45) is 4.99 Å². The molecule has 0 aliphatic heterocycles. The van der Waals surface area contributed by atoms with E-state index in [4.69, 9.17) is 0 Å². The second-order valence-corrected chi connectivity index (χ2v) is 2.46. The van der Waals surface area contributed by atoms with Gasteiger partial charge in [0.15, 0.2) is 0 Å². The molecule has 0 aliphatic rings. The van der Waals surface area contributed by atoms with E-state index in [0.29, 0.717) is 6.67 Å². The van der Waals surface area contributed by atoms with Crippen molar-refractivity contribution in [3.05, 3.63) is 12.2 Å². The van der Waals surface area contributed by atoms with Gasteiger partial charge in [0.05, 0.1) is 6.67 Å². The Morgan fingerprint density at radius 1 is 1.54 bits per heavy atom. The quantitative estimate of drug-likeness (QED) is 0.354. The molecule has 0 aromatic carbocycles. The number of amides is 1. The molecule has 0 spiro atoms. The minimum Gasteiger partial charge on any atom is -0.356 e. The highest BCUT2D eigenvalue weighted by molar-refractivity contribution is 5.91. The average Bonchev–Trinajstić information content (AvgIpc) is 2.16. The van der Waals surface area contributed by atoms with Gasteiger partial charge in [-0.2, -0.15) is 0 Å². The molecule has 0 saturated carbocycles. The first-order valence-electron chi connectivity index (χ1n) is 4.40. The summed E-state index contributed by atoms with van der Waals surface area (Å²) < 4.78 is 0. The molecule has 4 nitrogen and oxygen atoms in total. The van der Waals surface area contributed by atoms with E-state index in [1.54, 1.807) is 19.3 Å². The number of nitrogens with one attached hydrogen (secondary N) is 2. The molecule has 0 aromatic rings. The zero-order valence-corrected chi connectivity index (χ0v) is 8.21. The molecule has 0 fully saturated rings. The lowest BCUT2D eigenvalue weighted by Crippen LogP contribution is -2.14. The lowest BCUT2D eigenvalue weighted by Gasteiger charge is -1.94. The summed E-state index contributed by atoms with van der Waals surface area (Å²) >= 11 is 0. The molecule has 1 amide bonds. The van der Waals surface area contributed by atoms with E-state index in [1.807, 2.05) is 0 Å². The van der Waals surface area contributed by atoms with Crippen LogP contribution in [0.1, 0.15) is 13.3 Å². The van der Waals surface area contributed by atoms with Crippen molar-refractivity contribution in [1.29, 1.82) is 0 Å². The molecule has 0 saturated heterocycles. The van der Waals surface area contributed by atoms with Gasteiger partial charge in [0.2, 0.25) is 5.91 Å². The molecular formula is C9H17N3O. The third kappa shape index (κ3) is 8.75. The van der Waals surface area contributed by atoms with E-state index >= 15 is 0 Å². The lowest BCUT2D eigenvalue weighted by molar-refractivity contribution is -0.116. The monoisotopic (exact) mass is 183 g/mol. The van der Waals surface area contributed by atoms with Crippen LogP contribution < -0.4 is 10.6 Å². The van der Waals surface area contributed by atoms with Crippen molar-refractivity contribution < 1.29 is 4.79 Å². The number of hydrogen-bond acceptors (Lipinski definition) is 3. The number of hydrogen-bond donors (Lipinski definition) is 2. The predicted molar refractivity (Wildman–Crippen MR) is 54.9 cm³/mol. The topological polar surface area (TPSA) is 53.5 Å². The molecule has 0 aromatic heterocycles. The molecule has 0 heterocycles. The van der Waals surface area contributed by atoms with Crippen LogP contribution in [-0.2, 0) is 4.79 Å². The predicted octanol–water partition coefficient (Wildman–Crippen LogP) is 0.316. The summed E-state index contributed by atoms with van der Waals surface area (Å²) in [5, 5.41) is 5.58. The van der Waals surface area contributed by atoms with Gasteiger partial charge in [0.25, 0.3) is 0 Å². The van der Waals surface area contributed by atoms with E-state index in [2.05, 4.69) is 22.5 Å². The first kappa shape index (κ1) is 11.8. The minimum absolute atomic E-state index is 0.118. The standard InChI is InChI=1S/C9H17N3O/c1-3-6-11-8-12-7-4-5-9(13)10-2/h4-5,7,11H,3,6,8H2,1-2H3,(H,10,13)/b5-4+,12-7?. The van der Waals surface area contributed by atoms with Crippen LogP contribution >= 0.6 is 0 Å². The highest BCUT2D eigenvalue weighted by Crippen LogP contribution is 1.72. The Bertz CT molecular complexity index is 187. The van der Waals surface area contributed by atoms with E-state index < -0.39 is 0 Å². The number of allylic oxidation sites excluding steroid dienone is 1. The van der Waals surface area contributed by atoms with Gasteiger partial charge in [-0.1, -0.05) is 6.92 Å². The van der Waals surface area contributed by atoms with Gasteiger partial charge in [-0.3, -0.25) is 15.1 Å². The van der Waals surface area contributed by atoms with E-state index in [1.165, 1.54) is 6.08 Å². The maximum Gasteiger partial charge on any atom is 0.243 e. The molecule has 2 N–H and O–H groups in total. The van der Waals surface area contributed by atoms with Gasteiger partial charge >= 0.3 is 0 Å². The molecule has 0 radical (unpaired) electrons. The Labute approximate surface area is 79.1 Å². The molecule has 0 aliphatic carbocycles. The first-order valence-corrected chi connectivity index (χ1v) is 4.40. The van der Waals surface area contributed by atoms with Crippen LogP contribution in [0, 0.1) is 0 Å². The molecule has 13 heavy (non-hydrogen) atoms. The molecule has 0 rings (SSSR count). The summed E-state index contributed by atoms with van der Waals surface area (Å²) in [6, 6.07) is 0. The number of carbonyl (C=O) groups is 1. The van der Waals surface area contributed by atoms with Crippen molar-refractivity contribution >= 4 is 12.1 Å². The van der Waals surface area contributed by atoms with Gasteiger partial charge in [0.1, 0.15) is 0 Å². The van der Waals surface area contributed by atoms with Gasteiger partial charge in [0, 0.05) is 19.3 Å². The van der Waals surface area contributed by atoms with Crippen molar-refractivity contribution in [2.45, 2.75) is 13.3 Å². The zero-order valence-electron chi connectivity index (χ0n) is 8.21. The largest absolute Gasteiger partial charge is 0.356 e. The highest BCUT2D eigenvalue weighted by Gasteiger charge is 1.83. The summed E-state index contributed by atoms with van der Waals surface area (Å²) in [5.41, 5.74) is 0. The fourth-order valence-electron chi connectivity index (χ4n) is 0.648. The van der Waals surface area contributed by atoms with E-state index in [9.17, 15) is 4.79 Å². The van der Waals surface area contributed by atoms with Crippen molar-refractivity contribution in [3.8, 4) is 0 Å². The van der Waals surface area contributed by atoms with Gasteiger partial charge in [-0.15, -0.1) is 0 Å². The van der Waals surface area contributed by atoms with Gasteiger partial charge < -0.3 is 5.32 Å². The van der Waals surface area contributed by atoms with E-state index in [-0.39, 0.29) is 5.91 Å².